The fraction of sp³-hybridized carbons (Fsp3) is 0.562. The molecule has 3 heteroatoms. The summed E-state index contributed by atoms with van der Waals surface area (Å²) in [6.07, 6.45) is 4.40. The van der Waals surface area contributed by atoms with E-state index < -0.39 is 0 Å². The molecule has 1 aliphatic carbocycles. The summed E-state index contributed by atoms with van der Waals surface area (Å²) in [4.78, 5) is 14.1. The van der Waals surface area contributed by atoms with Gasteiger partial charge in [-0.15, -0.1) is 0 Å². The molecule has 0 unspecified atom stereocenters. The first-order valence-electron chi connectivity index (χ1n) is 7.27. The van der Waals surface area contributed by atoms with Crippen molar-refractivity contribution in [3.05, 3.63) is 35.9 Å². The molecule has 0 radical (unpaired) electrons. The van der Waals surface area contributed by atoms with Gasteiger partial charge in [0.25, 0.3) is 0 Å². The van der Waals surface area contributed by atoms with Gasteiger partial charge in [0.15, 0.2) is 0 Å². The first kappa shape index (κ1) is 12.7. The predicted octanol–water partition coefficient (Wildman–Crippen LogP) is 2.26. The summed E-state index contributed by atoms with van der Waals surface area (Å²) in [7, 11) is 0. The lowest BCUT2D eigenvalue weighted by Crippen LogP contribution is -2.46. The third kappa shape index (κ3) is 3.35. The van der Waals surface area contributed by atoms with E-state index in [0.717, 1.165) is 38.8 Å². The van der Waals surface area contributed by atoms with E-state index in [1.165, 1.54) is 5.56 Å². The zero-order valence-electron chi connectivity index (χ0n) is 11.3. The number of hydrogen-bond acceptors (Lipinski definition) is 2. The van der Waals surface area contributed by atoms with Gasteiger partial charge in [0.05, 0.1) is 12.7 Å². The molecule has 3 nitrogen and oxygen atoms in total. The van der Waals surface area contributed by atoms with E-state index in [4.69, 9.17) is 4.74 Å². The maximum atomic E-state index is 12.1. The molecular weight excluding hydrogens is 238 g/mol. The minimum atomic E-state index is 0.205. The molecule has 1 atom stereocenters. The van der Waals surface area contributed by atoms with Crippen LogP contribution in [0.2, 0.25) is 0 Å². The van der Waals surface area contributed by atoms with Gasteiger partial charge in [-0.3, -0.25) is 4.79 Å². The molecule has 0 aromatic heterocycles. The Kier molecular flexibility index (Phi) is 3.83. The lowest BCUT2D eigenvalue weighted by atomic mass is 10.1. The Labute approximate surface area is 114 Å². The van der Waals surface area contributed by atoms with Crippen molar-refractivity contribution in [3.8, 4) is 0 Å². The van der Waals surface area contributed by atoms with Crippen LogP contribution in [0.25, 0.3) is 0 Å². The molecule has 19 heavy (non-hydrogen) atoms. The maximum absolute atomic E-state index is 12.1. The van der Waals surface area contributed by atoms with Crippen LogP contribution in [0, 0.1) is 5.92 Å². The number of benzene rings is 1. The van der Waals surface area contributed by atoms with Gasteiger partial charge in [-0.1, -0.05) is 30.3 Å². The largest absolute Gasteiger partial charge is 0.375 e. The number of nitrogens with zero attached hydrogens (tertiary/aromatic N) is 1. The van der Waals surface area contributed by atoms with Gasteiger partial charge >= 0.3 is 0 Å². The second-order valence-electron chi connectivity index (χ2n) is 5.58. The maximum Gasteiger partial charge on any atom is 0.225 e. The Morgan fingerprint density at radius 2 is 2.05 bits per heavy atom. The molecule has 1 amide bonds. The Morgan fingerprint density at radius 1 is 1.26 bits per heavy atom. The van der Waals surface area contributed by atoms with Crippen LogP contribution in [0.5, 0.6) is 0 Å². The lowest BCUT2D eigenvalue weighted by Gasteiger charge is -2.33. The van der Waals surface area contributed by atoms with Crippen molar-refractivity contribution in [2.24, 2.45) is 5.92 Å². The van der Waals surface area contributed by atoms with E-state index in [9.17, 15) is 4.79 Å². The van der Waals surface area contributed by atoms with Crippen molar-refractivity contribution >= 4 is 5.91 Å². The Bertz CT molecular complexity index is 428. The zero-order chi connectivity index (χ0) is 13.1. The van der Waals surface area contributed by atoms with Crippen LogP contribution in [0.3, 0.4) is 0 Å². The fourth-order valence-corrected chi connectivity index (χ4v) is 2.65. The van der Waals surface area contributed by atoms with E-state index >= 15 is 0 Å². The van der Waals surface area contributed by atoms with Gasteiger partial charge in [0.2, 0.25) is 5.91 Å². The summed E-state index contributed by atoms with van der Waals surface area (Å²) in [5.74, 6) is 0.681. The quantitative estimate of drug-likeness (QED) is 0.830. The van der Waals surface area contributed by atoms with Crippen LogP contribution >= 0.6 is 0 Å². The van der Waals surface area contributed by atoms with Gasteiger partial charge in [0.1, 0.15) is 0 Å². The molecule has 1 aromatic rings. The van der Waals surface area contributed by atoms with Crippen molar-refractivity contribution in [2.45, 2.75) is 31.8 Å². The number of amides is 1. The number of aryl methyl sites for hydroxylation is 1. The monoisotopic (exact) mass is 259 g/mol. The second-order valence-corrected chi connectivity index (χ2v) is 5.58. The minimum Gasteiger partial charge on any atom is -0.375 e. The Balaban J connectivity index is 1.49. The van der Waals surface area contributed by atoms with Crippen molar-refractivity contribution in [2.75, 3.05) is 19.7 Å². The van der Waals surface area contributed by atoms with Crippen LogP contribution in [0.4, 0.5) is 0 Å². The van der Waals surface area contributed by atoms with Gasteiger partial charge < -0.3 is 9.64 Å². The molecule has 1 heterocycles. The standard InChI is InChI=1S/C16H21NO2/c18-16(14-7-8-14)17-10-11-19-15(12-17)9-6-13-4-2-1-3-5-13/h1-5,14-15H,6-12H2/t15-/m1/s1. The van der Waals surface area contributed by atoms with Crippen LogP contribution in [-0.2, 0) is 16.0 Å². The molecule has 0 bridgehead atoms. The van der Waals surface area contributed by atoms with Crippen molar-refractivity contribution < 1.29 is 9.53 Å². The average molecular weight is 259 g/mol. The zero-order valence-corrected chi connectivity index (χ0v) is 11.3. The number of hydrogen-bond donors (Lipinski definition) is 0. The number of carbonyl (C=O) groups excluding carboxylic acids is 1. The highest BCUT2D eigenvalue weighted by Crippen LogP contribution is 2.31. The highest BCUT2D eigenvalue weighted by atomic mass is 16.5. The van der Waals surface area contributed by atoms with E-state index in [1.807, 2.05) is 11.0 Å². The summed E-state index contributed by atoms with van der Waals surface area (Å²) < 4.78 is 5.79. The highest BCUT2D eigenvalue weighted by Gasteiger charge is 2.35. The van der Waals surface area contributed by atoms with E-state index in [-0.39, 0.29) is 6.10 Å². The normalized spacial score (nSPS) is 23.4. The first-order valence-corrected chi connectivity index (χ1v) is 7.27. The summed E-state index contributed by atoms with van der Waals surface area (Å²) in [6.45, 7) is 2.25. The van der Waals surface area contributed by atoms with Crippen LogP contribution < -0.4 is 0 Å². The lowest BCUT2D eigenvalue weighted by molar-refractivity contribution is -0.140. The van der Waals surface area contributed by atoms with Crippen LogP contribution in [-0.4, -0.2) is 36.6 Å². The second kappa shape index (κ2) is 5.74. The van der Waals surface area contributed by atoms with Gasteiger partial charge in [-0.2, -0.15) is 0 Å². The summed E-state index contributed by atoms with van der Waals surface area (Å²) in [5, 5.41) is 0. The van der Waals surface area contributed by atoms with E-state index in [2.05, 4.69) is 24.3 Å². The topological polar surface area (TPSA) is 29.5 Å². The minimum absolute atomic E-state index is 0.205. The van der Waals surface area contributed by atoms with Gasteiger partial charge in [-0.05, 0) is 31.2 Å². The number of morpholine rings is 1. The molecule has 102 valence electrons. The first-order chi connectivity index (χ1) is 9.33. The molecular formula is C16H21NO2. The number of rotatable bonds is 4. The Morgan fingerprint density at radius 3 is 2.79 bits per heavy atom. The third-order valence-corrected chi connectivity index (χ3v) is 3.97. The molecule has 1 aliphatic heterocycles. The van der Waals surface area contributed by atoms with E-state index in [0.29, 0.717) is 18.4 Å². The van der Waals surface area contributed by atoms with Crippen LogP contribution in [0.15, 0.2) is 30.3 Å². The summed E-state index contributed by atoms with van der Waals surface area (Å²) in [6, 6.07) is 10.5. The number of ether oxygens (including phenoxy) is 1. The predicted molar refractivity (Wildman–Crippen MR) is 73.8 cm³/mol. The molecule has 2 aliphatic rings. The third-order valence-electron chi connectivity index (χ3n) is 3.97. The summed E-state index contributed by atoms with van der Waals surface area (Å²) in [5.41, 5.74) is 1.34. The SMILES string of the molecule is O=C(C1CC1)N1CCO[C@H](CCc2ccccc2)C1. The average Bonchev–Trinajstić information content (AvgIpc) is 3.30. The van der Waals surface area contributed by atoms with Gasteiger partial charge in [-0.25, -0.2) is 0 Å². The molecule has 1 saturated heterocycles. The van der Waals surface area contributed by atoms with Crippen molar-refractivity contribution in [1.29, 1.82) is 0 Å². The summed E-state index contributed by atoms with van der Waals surface area (Å²) >= 11 is 0. The smallest absolute Gasteiger partial charge is 0.225 e. The molecule has 1 aromatic carbocycles. The fourth-order valence-electron chi connectivity index (χ4n) is 2.65. The van der Waals surface area contributed by atoms with Crippen molar-refractivity contribution in [3.63, 3.8) is 0 Å². The Hall–Kier alpha value is -1.35. The van der Waals surface area contributed by atoms with E-state index in [1.54, 1.807) is 0 Å². The molecule has 0 N–H and O–H groups in total. The van der Waals surface area contributed by atoms with Gasteiger partial charge in [0, 0.05) is 19.0 Å². The molecule has 1 saturated carbocycles. The van der Waals surface area contributed by atoms with Crippen LogP contribution in [0.1, 0.15) is 24.8 Å². The molecule has 2 fully saturated rings. The molecule has 0 spiro atoms. The highest BCUT2D eigenvalue weighted by molar-refractivity contribution is 5.81. The number of carbonyl (C=O) groups is 1. The van der Waals surface area contributed by atoms with Crippen molar-refractivity contribution in [1.82, 2.24) is 4.90 Å². The molecule has 3 rings (SSSR count).